The SMILES string of the molecule is CCNCc1oc(COc2cnn(CC)c2)cc1C. The van der Waals surface area contributed by atoms with Crippen molar-refractivity contribution in [3.8, 4) is 5.75 Å². The molecule has 2 aromatic heterocycles. The van der Waals surface area contributed by atoms with Gasteiger partial charge in [-0.15, -0.1) is 0 Å². The third kappa shape index (κ3) is 3.61. The van der Waals surface area contributed by atoms with Crippen molar-refractivity contribution in [1.82, 2.24) is 15.1 Å². The van der Waals surface area contributed by atoms with Crippen molar-refractivity contribution in [3.05, 3.63) is 35.5 Å². The second kappa shape index (κ2) is 6.43. The van der Waals surface area contributed by atoms with Crippen LogP contribution in [0.5, 0.6) is 5.75 Å². The average molecular weight is 263 g/mol. The monoisotopic (exact) mass is 263 g/mol. The highest BCUT2D eigenvalue weighted by Gasteiger charge is 2.08. The smallest absolute Gasteiger partial charge is 0.157 e. The lowest BCUT2D eigenvalue weighted by molar-refractivity contribution is 0.265. The summed E-state index contributed by atoms with van der Waals surface area (Å²) in [6.45, 7) is 9.14. The summed E-state index contributed by atoms with van der Waals surface area (Å²) >= 11 is 0. The molecule has 2 heterocycles. The summed E-state index contributed by atoms with van der Waals surface area (Å²) in [6.07, 6.45) is 3.61. The molecule has 0 aliphatic rings. The minimum absolute atomic E-state index is 0.433. The topological polar surface area (TPSA) is 52.2 Å². The van der Waals surface area contributed by atoms with Gasteiger partial charge in [-0.2, -0.15) is 5.10 Å². The van der Waals surface area contributed by atoms with Crippen molar-refractivity contribution in [2.45, 2.75) is 40.5 Å². The van der Waals surface area contributed by atoms with E-state index >= 15 is 0 Å². The molecule has 5 heteroatoms. The Balaban J connectivity index is 1.92. The summed E-state index contributed by atoms with van der Waals surface area (Å²) in [4.78, 5) is 0. The molecule has 2 aromatic rings. The third-order valence-corrected chi connectivity index (χ3v) is 2.92. The summed E-state index contributed by atoms with van der Waals surface area (Å²) < 4.78 is 13.2. The van der Waals surface area contributed by atoms with Gasteiger partial charge in [0.25, 0.3) is 0 Å². The molecule has 0 saturated carbocycles. The van der Waals surface area contributed by atoms with Crippen LogP contribution in [-0.2, 0) is 19.7 Å². The summed E-state index contributed by atoms with van der Waals surface area (Å²) in [6, 6.07) is 2.02. The number of hydrogen-bond acceptors (Lipinski definition) is 4. The van der Waals surface area contributed by atoms with Crippen LogP contribution in [0.15, 0.2) is 22.9 Å². The Labute approximate surface area is 113 Å². The minimum atomic E-state index is 0.433. The van der Waals surface area contributed by atoms with Gasteiger partial charge in [-0.25, -0.2) is 0 Å². The molecular weight excluding hydrogens is 242 g/mol. The Morgan fingerprint density at radius 3 is 2.95 bits per heavy atom. The molecule has 1 N–H and O–H groups in total. The lowest BCUT2D eigenvalue weighted by Crippen LogP contribution is -2.11. The molecule has 0 bridgehead atoms. The number of ether oxygens (including phenoxy) is 1. The highest BCUT2D eigenvalue weighted by atomic mass is 16.5. The number of furan rings is 1. The predicted octanol–water partition coefficient (Wildman–Crippen LogP) is 2.49. The first kappa shape index (κ1) is 13.7. The number of rotatable bonds is 7. The van der Waals surface area contributed by atoms with Gasteiger partial charge in [0.05, 0.1) is 18.9 Å². The highest BCUT2D eigenvalue weighted by Crippen LogP contribution is 2.17. The van der Waals surface area contributed by atoms with Gasteiger partial charge in [0.1, 0.15) is 18.1 Å². The molecule has 0 aliphatic heterocycles. The summed E-state index contributed by atoms with van der Waals surface area (Å²) in [5, 5.41) is 7.42. The maximum Gasteiger partial charge on any atom is 0.157 e. The summed E-state index contributed by atoms with van der Waals surface area (Å²) in [7, 11) is 0. The second-order valence-corrected chi connectivity index (χ2v) is 4.42. The molecule has 0 aliphatic carbocycles. The number of nitrogens with one attached hydrogen (secondary N) is 1. The zero-order chi connectivity index (χ0) is 13.7. The number of nitrogens with zero attached hydrogens (tertiary/aromatic N) is 2. The van der Waals surface area contributed by atoms with E-state index < -0.39 is 0 Å². The van der Waals surface area contributed by atoms with Gasteiger partial charge in [0.15, 0.2) is 5.75 Å². The molecule has 0 fully saturated rings. The van der Waals surface area contributed by atoms with E-state index in [0.717, 1.165) is 42.5 Å². The normalized spacial score (nSPS) is 10.9. The lowest BCUT2D eigenvalue weighted by Gasteiger charge is -2.01. The third-order valence-electron chi connectivity index (χ3n) is 2.92. The molecule has 0 spiro atoms. The van der Waals surface area contributed by atoms with Gasteiger partial charge in [-0.05, 0) is 32.0 Å². The molecule has 0 aromatic carbocycles. The maximum atomic E-state index is 5.76. The quantitative estimate of drug-likeness (QED) is 0.834. The fraction of sp³-hybridized carbons (Fsp3) is 0.500. The van der Waals surface area contributed by atoms with E-state index in [0.29, 0.717) is 6.61 Å². The Hall–Kier alpha value is -1.75. The van der Waals surface area contributed by atoms with Crippen molar-refractivity contribution < 1.29 is 9.15 Å². The minimum Gasteiger partial charge on any atom is -0.482 e. The zero-order valence-electron chi connectivity index (χ0n) is 11.8. The predicted molar refractivity (Wildman–Crippen MR) is 73.1 cm³/mol. The molecule has 0 radical (unpaired) electrons. The number of hydrogen-bond donors (Lipinski definition) is 1. The van der Waals surface area contributed by atoms with Crippen molar-refractivity contribution in [2.24, 2.45) is 0 Å². The van der Waals surface area contributed by atoms with Gasteiger partial charge < -0.3 is 14.5 Å². The van der Waals surface area contributed by atoms with Crippen LogP contribution < -0.4 is 10.1 Å². The lowest BCUT2D eigenvalue weighted by atomic mass is 10.2. The fourth-order valence-corrected chi connectivity index (χ4v) is 1.82. The van der Waals surface area contributed by atoms with Crippen LogP contribution in [0.4, 0.5) is 0 Å². The van der Waals surface area contributed by atoms with Gasteiger partial charge >= 0.3 is 0 Å². The van der Waals surface area contributed by atoms with Crippen LogP contribution in [0.3, 0.4) is 0 Å². The molecule has 0 unspecified atom stereocenters. The van der Waals surface area contributed by atoms with Crippen LogP contribution in [0, 0.1) is 6.92 Å². The first-order valence-electron chi connectivity index (χ1n) is 6.67. The van der Waals surface area contributed by atoms with E-state index in [4.69, 9.17) is 9.15 Å². The van der Waals surface area contributed by atoms with Gasteiger partial charge in [-0.3, -0.25) is 4.68 Å². The Kier molecular flexibility index (Phi) is 4.63. The van der Waals surface area contributed by atoms with Crippen LogP contribution in [0.25, 0.3) is 0 Å². The van der Waals surface area contributed by atoms with E-state index in [-0.39, 0.29) is 0 Å². The van der Waals surface area contributed by atoms with Crippen molar-refractivity contribution >= 4 is 0 Å². The Morgan fingerprint density at radius 1 is 1.42 bits per heavy atom. The molecule has 19 heavy (non-hydrogen) atoms. The van der Waals surface area contributed by atoms with E-state index in [9.17, 15) is 0 Å². The van der Waals surface area contributed by atoms with Crippen molar-refractivity contribution in [3.63, 3.8) is 0 Å². The van der Waals surface area contributed by atoms with Gasteiger partial charge in [0, 0.05) is 6.54 Å². The Bertz CT molecular complexity index is 516. The van der Waals surface area contributed by atoms with Crippen LogP contribution in [0.1, 0.15) is 30.9 Å². The summed E-state index contributed by atoms with van der Waals surface area (Å²) in [5.41, 5.74) is 1.16. The first-order chi connectivity index (χ1) is 9.22. The van der Waals surface area contributed by atoms with Gasteiger partial charge in [-0.1, -0.05) is 6.92 Å². The number of aryl methyl sites for hydroxylation is 2. The van der Waals surface area contributed by atoms with Crippen molar-refractivity contribution in [2.75, 3.05) is 6.54 Å². The molecule has 0 saturated heterocycles. The van der Waals surface area contributed by atoms with E-state index in [1.54, 1.807) is 6.20 Å². The average Bonchev–Trinajstić information content (AvgIpc) is 3.00. The molecule has 0 atom stereocenters. The van der Waals surface area contributed by atoms with Crippen molar-refractivity contribution in [1.29, 1.82) is 0 Å². The van der Waals surface area contributed by atoms with Crippen LogP contribution in [-0.4, -0.2) is 16.3 Å². The first-order valence-corrected chi connectivity index (χ1v) is 6.67. The molecule has 5 nitrogen and oxygen atoms in total. The standard InChI is InChI=1S/C14H21N3O2/c1-4-15-8-14-11(3)6-12(19-14)10-18-13-7-16-17(5-2)9-13/h6-7,9,15H,4-5,8,10H2,1-3H3. The largest absolute Gasteiger partial charge is 0.482 e. The fourth-order valence-electron chi connectivity index (χ4n) is 1.82. The van der Waals surface area contributed by atoms with E-state index in [2.05, 4.69) is 24.3 Å². The molecular formula is C14H21N3O2. The van der Waals surface area contributed by atoms with E-state index in [1.165, 1.54) is 0 Å². The van der Waals surface area contributed by atoms with E-state index in [1.807, 2.05) is 23.9 Å². The van der Waals surface area contributed by atoms with Crippen LogP contribution >= 0.6 is 0 Å². The maximum absolute atomic E-state index is 5.76. The molecule has 0 amide bonds. The van der Waals surface area contributed by atoms with Gasteiger partial charge in [0.2, 0.25) is 0 Å². The summed E-state index contributed by atoms with van der Waals surface area (Å²) in [5.74, 6) is 2.59. The number of aromatic nitrogens is 2. The second-order valence-electron chi connectivity index (χ2n) is 4.42. The van der Waals surface area contributed by atoms with Crippen LogP contribution in [0.2, 0.25) is 0 Å². The molecule has 2 rings (SSSR count). The highest BCUT2D eigenvalue weighted by molar-refractivity contribution is 5.20. The zero-order valence-corrected chi connectivity index (χ0v) is 11.8. The Morgan fingerprint density at radius 2 is 2.26 bits per heavy atom. The molecule has 104 valence electrons.